The average molecular weight is 608 g/mol. The second-order valence-electron chi connectivity index (χ2n) is 12.9. The summed E-state index contributed by atoms with van der Waals surface area (Å²) in [6.07, 6.45) is 11.1. The third kappa shape index (κ3) is 4.22. The number of aryl methyl sites for hydroxylation is 2. The van der Waals surface area contributed by atoms with Crippen LogP contribution in [0.15, 0.2) is 36.8 Å². The first-order valence-corrected chi connectivity index (χ1v) is 16.0. The highest BCUT2D eigenvalue weighted by Gasteiger charge is 2.42. The van der Waals surface area contributed by atoms with Gasteiger partial charge in [-0.25, -0.2) is 14.6 Å². The van der Waals surface area contributed by atoms with Gasteiger partial charge in [0.2, 0.25) is 5.95 Å². The summed E-state index contributed by atoms with van der Waals surface area (Å²) < 4.78 is 22.0. The standard InChI is InChI=1S/C33H37N9O3/c1-20-23-17-35-42(26(23)14-25(36-20)24-16-34-9-5-28(24)43-3)29-15-27-30(31(37-29)41-18-22-13-21(41)19-44-22)38-32(39(27)2)40-10-7-33(8-11-40)6-4-12-45-33/h5,9,14-17,21-22H,4,6-8,10-13,18-19H2,1-3H3/t21-,22-/m1/s1. The highest BCUT2D eigenvalue weighted by Crippen LogP contribution is 2.40. The normalized spacial score (nSPS) is 22.5. The fourth-order valence-corrected chi connectivity index (χ4v) is 7.91. The minimum absolute atomic E-state index is 0.0581. The highest BCUT2D eigenvalue weighted by atomic mass is 16.5. The lowest BCUT2D eigenvalue weighted by Gasteiger charge is -2.39. The van der Waals surface area contributed by atoms with E-state index in [1.54, 1.807) is 19.5 Å². The first-order valence-electron chi connectivity index (χ1n) is 16.0. The van der Waals surface area contributed by atoms with Gasteiger partial charge in [-0.3, -0.25) is 9.97 Å². The summed E-state index contributed by atoms with van der Waals surface area (Å²) in [7, 11) is 3.79. The smallest absolute Gasteiger partial charge is 0.206 e. The number of piperidine rings is 1. The van der Waals surface area contributed by atoms with Crippen molar-refractivity contribution in [3.8, 4) is 22.8 Å². The van der Waals surface area contributed by atoms with Crippen LogP contribution in [0.5, 0.6) is 5.75 Å². The molecule has 4 aliphatic heterocycles. The summed E-state index contributed by atoms with van der Waals surface area (Å²) in [6, 6.07) is 6.32. The van der Waals surface area contributed by atoms with E-state index in [0.717, 1.165) is 114 Å². The summed E-state index contributed by atoms with van der Waals surface area (Å²) >= 11 is 0. The maximum absolute atomic E-state index is 6.21. The number of nitrogens with zero attached hydrogens (tertiary/aromatic N) is 9. The molecule has 0 saturated carbocycles. The van der Waals surface area contributed by atoms with Crippen molar-refractivity contribution >= 4 is 33.7 Å². The molecule has 0 unspecified atom stereocenters. The van der Waals surface area contributed by atoms with Gasteiger partial charge >= 0.3 is 0 Å². The van der Waals surface area contributed by atoms with E-state index in [0.29, 0.717) is 6.04 Å². The van der Waals surface area contributed by atoms with Gasteiger partial charge in [0.1, 0.15) is 11.3 Å². The largest absolute Gasteiger partial charge is 0.496 e. The lowest BCUT2D eigenvalue weighted by Crippen LogP contribution is -2.44. The number of hydrogen-bond acceptors (Lipinski definition) is 10. The maximum Gasteiger partial charge on any atom is 0.206 e. The molecule has 9 heterocycles. The Bertz CT molecular complexity index is 1940. The molecular weight excluding hydrogens is 570 g/mol. The second kappa shape index (κ2) is 10.1. The first-order chi connectivity index (χ1) is 22.0. The van der Waals surface area contributed by atoms with Crippen LogP contribution in [0.3, 0.4) is 0 Å². The van der Waals surface area contributed by atoms with Crippen LogP contribution in [-0.4, -0.2) is 92.0 Å². The number of anilines is 2. The van der Waals surface area contributed by atoms with Crippen LogP contribution in [0.4, 0.5) is 11.8 Å². The zero-order valence-electron chi connectivity index (χ0n) is 25.9. The first kappa shape index (κ1) is 27.1. The van der Waals surface area contributed by atoms with E-state index in [1.165, 1.54) is 12.8 Å². The minimum Gasteiger partial charge on any atom is -0.496 e. The Balaban J connectivity index is 1.18. The Morgan fingerprint density at radius 3 is 2.69 bits per heavy atom. The Hall–Kier alpha value is -4.29. The van der Waals surface area contributed by atoms with Gasteiger partial charge in [-0.05, 0) is 51.2 Å². The molecule has 1 spiro atoms. The van der Waals surface area contributed by atoms with Gasteiger partial charge in [-0.15, -0.1) is 0 Å². The highest BCUT2D eigenvalue weighted by molar-refractivity contribution is 5.92. The molecule has 4 fully saturated rings. The van der Waals surface area contributed by atoms with E-state index < -0.39 is 0 Å². The topological polar surface area (TPSA) is 108 Å². The van der Waals surface area contributed by atoms with Crippen LogP contribution < -0.4 is 14.5 Å². The summed E-state index contributed by atoms with van der Waals surface area (Å²) in [5, 5.41) is 5.84. The summed E-state index contributed by atoms with van der Waals surface area (Å²) in [5.41, 5.74) is 5.44. The van der Waals surface area contributed by atoms with Crippen molar-refractivity contribution in [1.82, 2.24) is 34.3 Å². The van der Waals surface area contributed by atoms with Crippen LogP contribution in [-0.2, 0) is 16.5 Å². The predicted octanol–water partition coefficient (Wildman–Crippen LogP) is 4.21. The molecular formula is C33H37N9O3. The number of hydrogen-bond donors (Lipinski definition) is 0. The van der Waals surface area contributed by atoms with E-state index in [-0.39, 0.29) is 11.7 Å². The lowest BCUT2D eigenvalue weighted by atomic mass is 9.89. The van der Waals surface area contributed by atoms with Crippen LogP contribution >= 0.6 is 0 Å². The number of rotatable bonds is 5. The van der Waals surface area contributed by atoms with Crippen molar-refractivity contribution in [3.05, 3.63) is 42.5 Å². The Labute approximate surface area is 260 Å². The number of methoxy groups -OCH3 is 1. The van der Waals surface area contributed by atoms with Crippen LogP contribution in [0.1, 0.15) is 37.8 Å². The molecule has 232 valence electrons. The fraction of sp³-hybridized carbons (Fsp3) is 0.485. The molecule has 45 heavy (non-hydrogen) atoms. The second-order valence-corrected chi connectivity index (χ2v) is 12.9. The molecule has 2 bridgehead atoms. The number of morpholine rings is 1. The monoisotopic (exact) mass is 607 g/mol. The Morgan fingerprint density at radius 1 is 1.04 bits per heavy atom. The molecule has 4 saturated heterocycles. The molecule has 2 atom stereocenters. The summed E-state index contributed by atoms with van der Waals surface area (Å²) in [6.45, 7) is 6.31. The van der Waals surface area contributed by atoms with Crippen molar-refractivity contribution in [2.75, 3.05) is 49.8 Å². The molecule has 0 N–H and O–H groups in total. The third-order valence-corrected chi connectivity index (χ3v) is 10.4. The van der Waals surface area contributed by atoms with Gasteiger partial charge in [-0.2, -0.15) is 5.10 Å². The zero-order chi connectivity index (χ0) is 30.3. The number of ether oxygens (including phenoxy) is 3. The van der Waals surface area contributed by atoms with Crippen LogP contribution in [0, 0.1) is 6.92 Å². The third-order valence-electron chi connectivity index (χ3n) is 10.4. The molecule has 12 nitrogen and oxygen atoms in total. The van der Waals surface area contributed by atoms with E-state index in [2.05, 4.69) is 38.5 Å². The summed E-state index contributed by atoms with van der Waals surface area (Å²) in [4.78, 5) is 24.7. The van der Waals surface area contributed by atoms with Gasteiger partial charge in [-0.1, -0.05) is 0 Å². The van der Waals surface area contributed by atoms with Crippen LogP contribution in [0.2, 0.25) is 0 Å². The number of pyridine rings is 3. The molecule has 0 amide bonds. The number of imidazole rings is 1. The molecule has 5 aromatic rings. The van der Waals surface area contributed by atoms with Crippen molar-refractivity contribution in [3.63, 3.8) is 0 Å². The van der Waals surface area contributed by atoms with Gasteiger partial charge in [0, 0.05) is 62.8 Å². The molecule has 0 aliphatic carbocycles. The average Bonchev–Trinajstić information content (AvgIpc) is 3.91. The minimum atomic E-state index is 0.0581. The molecule has 4 aliphatic rings. The lowest BCUT2D eigenvalue weighted by molar-refractivity contribution is -0.0148. The Kier molecular flexibility index (Phi) is 6.08. The van der Waals surface area contributed by atoms with Crippen molar-refractivity contribution in [1.29, 1.82) is 0 Å². The fourth-order valence-electron chi connectivity index (χ4n) is 7.91. The van der Waals surface area contributed by atoms with E-state index in [9.17, 15) is 0 Å². The van der Waals surface area contributed by atoms with Gasteiger partial charge in [0.05, 0.1) is 60.0 Å². The molecule has 9 rings (SSSR count). The van der Waals surface area contributed by atoms with Crippen molar-refractivity contribution in [2.45, 2.75) is 56.8 Å². The molecule has 0 radical (unpaired) electrons. The van der Waals surface area contributed by atoms with Gasteiger partial charge in [0.25, 0.3) is 0 Å². The van der Waals surface area contributed by atoms with Gasteiger partial charge < -0.3 is 28.6 Å². The molecule has 0 aromatic carbocycles. The van der Waals surface area contributed by atoms with Crippen LogP contribution in [0.25, 0.3) is 39.0 Å². The van der Waals surface area contributed by atoms with Gasteiger partial charge in [0.15, 0.2) is 11.6 Å². The van der Waals surface area contributed by atoms with Crippen molar-refractivity contribution < 1.29 is 14.2 Å². The zero-order valence-corrected chi connectivity index (χ0v) is 25.9. The maximum atomic E-state index is 6.21. The SMILES string of the molecule is COc1ccncc1-c1cc2c(cnn2-c2cc3c(nc(N4CCC5(CCCO5)CC4)n3C)c(N3C[C@H]4C[C@@H]3CO4)n2)c(C)n1. The molecule has 12 heteroatoms. The quantitative estimate of drug-likeness (QED) is 0.288. The Morgan fingerprint density at radius 2 is 1.93 bits per heavy atom. The van der Waals surface area contributed by atoms with E-state index >= 15 is 0 Å². The summed E-state index contributed by atoms with van der Waals surface area (Å²) in [5.74, 6) is 3.35. The van der Waals surface area contributed by atoms with E-state index in [1.807, 2.05) is 23.9 Å². The number of fused-ring (bicyclic) bond motifs is 4. The van der Waals surface area contributed by atoms with E-state index in [4.69, 9.17) is 34.3 Å². The van der Waals surface area contributed by atoms with Crippen molar-refractivity contribution in [2.24, 2.45) is 7.05 Å². The molecule has 5 aromatic heterocycles. The number of aromatic nitrogens is 7. The predicted molar refractivity (Wildman–Crippen MR) is 170 cm³/mol.